The molecule has 1 saturated heterocycles. The van der Waals surface area contributed by atoms with Crippen molar-refractivity contribution in [2.45, 2.75) is 11.8 Å². The quantitative estimate of drug-likeness (QED) is 0.224. The van der Waals surface area contributed by atoms with Gasteiger partial charge in [0.15, 0.2) is 0 Å². The maximum Gasteiger partial charge on any atom is 0.255 e. The molecule has 6 rings (SSSR count). The number of nitrogens with zero attached hydrogens (tertiary/aromatic N) is 2. The van der Waals surface area contributed by atoms with E-state index in [-0.39, 0.29) is 16.4 Å². The van der Waals surface area contributed by atoms with Gasteiger partial charge in [0.2, 0.25) is 10.0 Å². The fourth-order valence-corrected chi connectivity index (χ4v) is 6.34. The van der Waals surface area contributed by atoms with Crippen LogP contribution < -0.4 is 16.2 Å². The van der Waals surface area contributed by atoms with Crippen LogP contribution in [-0.4, -0.2) is 74.1 Å². The van der Waals surface area contributed by atoms with Crippen molar-refractivity contribution in [2.75, 3.05) is 38.5 Å². The van der Waals surface area contributed by atoms with Crippen LogP contribution >= 0.6 is 0 Å². The number of rotatable bonds is 6. The number of benzene rings is 4. The van der Waals surface area contributed by atoms with Gasteiger partial charge < -0.3 is 25.8 Å². The average Bonchev–Trinajstić information content (AvgIpc) is 3.40. The third-order valence-corrected chi connectivity index (χ3v) is 9.30. The Morgan fingerprint density at radius 1 is 0.867 bits per heavy atom. The van der Waals surface area contributed by atoms with Gasteiger partial charge in [-0.2, -0.15) is 0 Å². The van der Waals surface area contributed by atoms with Crippen LogP contribution in [0.15, 0.2) is 77.7 Å². The summed E-state index contributed by atoms with van der Waals surface area (Å²) in [5.74, 6) is -1.05. The second kappa shape index (κ2) is 11.5. The Balaban J connectivity index is 1.40. The predicted molar refractivity (Wildman–Crippen MR) is 174 cm³/mol. The number of primary amides is 1. The number of likely N-dealkylation sites (N-methyl/N-ethyl adjacent to an activating group) is 1. The van der Waals surface area contributed by atoms with E-state index in [1.54, 1.807) is 12.1 Å². The molecule has 230 valence electrons. The first kappa shape index (κ1) is 30.0. The fraction of sp³-hybridized carbons (Fsp3) is 0.182. The summed E-state index contributed by atoms with van der Waals surface area (Å²) in [4.78, 5) is 46.1. The van der Waals surface area contributed by atoms with Crippen molar-refractivity contribution in [3.8, 4) is 11.1 Å². The fourth-order valence-electron chi connectivity index (χ4n) is 5.82. The Kier molecular flexibility index (Phi) is 7.65. The van der Waals surface area contributed by atoms with Crippen molar-refractivity contribution in [3.05, 3.63) is 95.1 Å². The third kappa shape index (κ3) is 5.66. The molecule has 1 aromatic heterocycles. The molecular formula is C33H32N6O5S. The number of aromatic nitrogens is 1. The minimum Gasteiger partial charge on any atom is -0.366 e. The highest BCUT2D eigenvalue weighted by Crippen LogP contribution is 2.39. The molecular weight excluding hydrogens is 592 g/mol. The summed E-state index contributed by atoms with van der Waals surface area (Å²) in [6.45, 7) is 4.82. The Labute approximate surface area is 259 Å². The van der Waals surface area contributed by atoms with E-state index in [0.29, 0.717) is 40.9 Å². The molecule has 0 bridgehead atoms. The Bertz CT molecular complexity index is 2110. The molecule has 4 aromatic carbocycles. The lowest BCUT2D eigenvalue weighted by molar-refractivity contribution is 0.0664. The SMILES string of the molecule is Cc1c(NC(=O)c2ccc(S(N)(=O)=O)cc2)cccc1-c1ccc(C(N)=O)c2[nH]c3cc(C(=O)N4CCN(C)CC4)ccc3c12. The van der Waals surface area contributed by atoms with Crippen LogP contribution in [0.4, 0.5) is 5.69 Å². The summed E-state index contributed by atoms with van der Waals surface area (Å²) in [6.07, 6.45) is 0. The van der Waals surface area contributed by atoms with E-state index in [2.05, 4.69) is 15.2 Å². The highest BCUT2D eigenvalue weighted by molar-refractivity contribution is 7.89. The van der Waals surface area contributed by atoms with Crippen LogP contribution in [0.3, 0.4) is 0 Å². The standard InChI is InChI=1S/C33H32N6O5S/c1-19-23(4-3-5-27(19)37-32(41)20-6-9-22(10-7-20)45(35,43)44)24-12-13-26(31(34)40)30-29(24)25-11-8-21(18-28(25)36-30)33(42)39-16-14-38(2)15-17-39/h3-13,18,36H,14-17H2,1-2H3,(H2,34,40)(H,37,41)(H2,35,43,44). The summed E-state index contributed by atoms with van der Waals surface area (Å²) >= 11 is 0. The van der Waals surface area contributed by atoms with Crippen molar-refractivity contribution < 1.29 is 22.8 Å². The molecule has 0 spiro atoms. The molecule has 5 aromatic rings. The highest BCUT2D eigenvalue weighted by Gasteiger charge is 2.23. The van der Waals surface area contributed by atoms with Crippen LogP contribution in [0, 0.1) is 6.92 Å². The topological polar surface area (TPSA) is 172 Å². The monoisotopic (exact) mass is 624 g/mol. The number of hydrogen-bond acceptors (Lipinski definition) is 6. The number of nitrogens with two attached hydrogens (primary N) is 2. The molecule has 6 N–H and O–H groups in total. The van der Waals surface area contributed by atoms with Crippen molar-refractivity contribution >= 4 is 55.2 Å². The first-order chi connectivity index (χ1) is 21.4. The lowest BCUT2D eigenvalue weighted by atomic mass is 9.93. The first-order valence-electron chi connectivity index (χ1n) is 14.3. The third-order valence-electron chi connectivity index (χ3n) is 8.37. The van der Waals surface area contributed by atoms with E-state index < -0.39 is 21.8 Å². The highest BCUT2D eigenvalue weighted by atomic mass is 32.2. The summed E-state index contributed by atoms with van der Waals surface area (Å²) < 4.78 is 23.2. The van der Waals surface area contributed by atoms with Crippen LogP contribution in [0.1, 0.15) is 36.6 Å². The van der Waals surface area contributed by atoms with Crippen LogP contribution in [0.2, 0.25) is 0 Å². The van der Waals surface area contributed by atoms with Crippen molar-refractivity contribution in [2.24, 2.45) is 10.9 Å². The molecule has 1 aliphatic rings. The van der Waals surface area contributed by atoms with Crippen molar-refractivity contribution in [1.29, 1.82) is 0 Å². The van der Waals surface area contributed by atoms with E-state index in [1.165, 1.54) is 24.3 Å². The van der Waals surface area contributed by atoms with Gasteiger partial charge >= 0.3 is 0 Å². The molecule has 0 unspecified atom stereocenters. The molecule has 12 heteroatoms. The number of sulfonamides is 1. The zero-order valence-corrected chi connectivity index (χ0v) is 25.6. The Morgan fingerprint density at radius 3 is 2.22 bits per heavy atom. The van der Waals surface area contributed by atoms with Gasteiger partial charge in [-0.05, 0) is 79.2 Å². The van der Waals surface area contributed by atoms with Crippen LogP contribution in [-0.2, 0) is 10.0 Å². The Morgan fingerprint density at radius 2 is 1.56 bits per heavy atom. The molecule has 45 heavy (non-hydrogen) atoms. The van der Waals surface area contributed by atoms with Gasteiger partial charge in [-0.3, -0.25) is 14.4 Å². The average molecular weight is 625 g/mol. The van der Waals surface area contributed by atoms with Crippen LogP contribution in [0.5, 0.6) is 0 Å². The summed E-state index contributed by atoms with van der Waals surface area (Å²) in [5, 5.41) is 9.67. The van der Waals surface area contributed by atoms with Gasteiger partial charge in [-0.15, -0.1) is 0 Å². The largest absolute Gasteiger partial charge is 0.366 e. The van der Waals surface area contributed by atoms with E-state index in [4.69, 9.17) is 10.9 Å². The molecule has 2 heterocycles. The maximum atomic E-state index is 13.3. The molecule has 1 aliphatic heterocycles. The van der Waals surface area contributed by atoms with Crippen LogP contribution in [0.25, 0.3) is 32.9 Å². The number of piperazine rings is 1. The number of carbonyl (C=O) groups excluding carboxylic acids is 3. The molecule has 0 atom stereocenters. The summed E-state index contributed by atoms with van der Waals surface area (Å²) in [5.41, 5.74) is 11.1. The van der Waals surface area contributed by atoms with E-state index in [1.807, 2.05) is 55.3 Å². The molecule has 0 saturated carbocycles. The van der Waals surface area contributed by atoms with Gasteiger partial charge in [0.05, 0.1) is 16.0 Å². The number of amides is 3. The summed E-state index contributed by atoms with van der Waals surface area (Å²) in [6, 6.07) is 19.9. The van der Waals surface area contributed by atoms with Gasteiger partial charge in [0.1, 0.15) is 0 Å². The number of primary sulfonamides is 1. The van der Waals surface area contributed by atoms with Gasteiger partial charge in [-0.25, -0.2) is 13.6 Å². The normalized spacial score (nSPS) is 14.2. The lowest BCUT2D eigenvalue weighted by Gasteiger charge is -2.32. The van der Waals surface area contributed by atoms with Gasteiger partial charge in [0, 0.05) is 59.3 Å². The predicted octanol–water partition coefficient (Wildman–Crippen LogP) is 3.68. The van der Waals surface area contributed by atoms with Gasteiger partial charge in [-0.1, -0.05) is 24.3 Å². The van der Waals surface area contributed by atoms with E-state index in [9.17, 15) is 22.8 Å². The Hall–Kier alpha value is -5.04. The number of H-pyrrole nitrogens is 1. The number of anilines is 1. The number of carbonyl (C=O) groups is 3. The summed E-state index contributed by atoms with van der Waals surface area (Å²) in [7, 11) is -1.85. The van der Waals surface area contributed by atoms with E-state index >= 15 is 0 Å². The van der Waals surface area contributed by atoms with Crippen molar-refractivity contribution in [1.82, 2.24) is 14.8 Å². The molecule has 3 amide bonds. The van der Waals surface area contributed by atoms with E-state index in [0.717, 1.165) is 40.6 Å². The maximum absolute atomic E-state index is 13.3. The van der Waals surface area contributed by atoms with Gasteiger partial charge in [0.25, 0.3) is 17.7 Å². The minimum atomic E-state index is -3.88. The zero-order chi connectivity index (χ0) is 32.0. The number of hydrogen-bond donors (Lipinski definition) is 4. The second-order valence-electron chi connectivity index (χ2n) is 11.3. The number of fused-ring (bicyclic) bond motifs is 3. The first-order valence-corrected chi connectivity index (χ1v) is 15.9. The molecule has 1 fully saturated rings. The lowest BCUT2D eigenvalue weighted by Crippen LogP contribution is -2.47. The molecule has 11 nitrogen and oxygen atoms in total. The molecule has 0 aliphatic carbocycles. The van der Waals surface area contributed by atoms with Crippen molar-refractivity contribution in [3.63, 3.8) is 0 Å². The number of nitrogens with one attached hydrogen (secondary N) is 2. The second-order valence-corrected chi connectivity index (χ2v) is 12.8. The number of aromatic amines is 1. The zero-order valence-electron chi connectivity index (χ0n) is 24.8. The smallest absolute Gasteiger partial charge is 0.255 e. The molecule has 0 radical (unpaired) electrons. The minimum absolute atomic E-state index is 0.0439.